The van der Waals surface area contributed by atoms with Crippen LogP contribution in [0.2, 0.25) is 10.0 Å². The summed E-state index contributed by atoms with van der Waals surface area (Å²) >= 11 is 11.9. The van der Waals surface area contributed by atoms with Crippen molar-refractivity contribution in [1.29, 1.82) is 5.26 Å². The van der Waals surface area contributed by atoms with Crippen molar-refractivity contribution in [1.82, 2.24) is 0 Å². The predicted octanol–water partition coefficient (Wildman–Crippen LogP) is 4.18. The Labute approximate surface area is 94.3 Å². The SMILES string of the molecule is CCC(C)(C#N)c1cc(Cl)ccc1Cl. The Morgan fingerprint density at radius 3 is 2.57 bits per heavy atom. The molecule has 74 valence electrons. The normalized spacial score (nSPS) is 14.5. The van der Waals surface area contributed by atoms with Gasteiger partial charge in [0.05, 0.1) is 11.5 Å². The lowest BCUT2D eigenvalue weighted by Gasteiger charge is -2.21. The molecule has 14 heavy (non-hydrogen) atoms. The molecule has 0 aliphatic heterocycles. The summed E-state index contributed by atoms with van der Waals surface area (Å²) in [7, 11) is 0. The van der Waals surface area contributed by atoms with Crippen LogP contribution in [0.25, 0.3) is 0 Å². The van der Waals surface area contributed by atoms with Gasteiger partial charge in [-0.05, 0) is 37.1 Å². The van der Waals surface area contributed by atoms with E-state index in [-0.39, 0.29) is 0 Å². The van der Waals surface area contributed by atoms with E-state index in [1.165, 1.54) is 0 Å². The van der Waals surface area contributed by atoms with E-state index in [9.17, 15) is 0 Å². The van der Waals surface area contributed by atoms with Crippen LogP contribution in [-0.2, 0) is 5.41 Å². The summed E-state index contributed by atoms with van der Waals surface area (Å²) in [4.78, 5) is 0. The van der Waals surface area contributed by atoms with Crippen LogP contribution in [0.3, 0.4) is 0 Å². The van der Waals surface area contributed by atoms with E-state index in [4.69, 9.17) is 28.5 Å². The molecule has 0 N–H and O–H groups in total. The smallest absolute Gasteiger partial charge is 0.0806 e. The van der Waals surface area contributed by atoms with Crippen LogP contribution in [-0.4, -0.2) is 0 Å². The molecule has 1 unspecified atom stereocenters. The maximum atomic E-state index is 9.10. The lowest BCUT2D eigenvalue weighted by atomic mass is 9.82. The van der Waals surface area contributed by atoms with Crippen molar-refractivity contribution in [3.05, 3.63) is 33.8 Å². The highest BCUT2D eigenvalue weighted by molar-refractivity contribution is 6.33. The third-order valence-electron chi connectivity index (χ3n) is 2.48. The van der Waals surface area contributed by atoms with Crippen LogP contribution >= 0.6 is 23.2 Å². The van der Waals surface area contributed by atoms with E-state index in [2.05, 4.69) is 6.07 Å². The van der Waals surface area contributed by atoms with Gasteiger partial charge >= 0.3 is 0 Å². The molecule has 3 heteroatoms. The fourth-order valence-electron chi connectivity index (χ4n) is 1.25. The van der Waals surface area contributed by atoms with Crippen LogP contribution < -0.4 is 0 Å². The largest absolute Gasteiger partial charge is 0.197 e. The van der Waals surface area contributed by atoms with Gasteiger partial charge in [0.2, 0.25) is 0 Å². The van der Waals surface area contributed by atoms with Crippen LogP contribution in [0, 0.1) is 11.3 Å². The Morgan fingerprint density at radius 1 is 1.43 bits per heavy atom. The topological polar surface area (TPSA) is 23.8 Å². The number of hydrogen-bond acceptors (Lipinski definition) is 1. The van der Waals surface area contributed by atoms with Gasteiger partial charge in [-0.15, -0.1) is 0 Å². The molecule has 0 aromatic heterocycles. The lowest BCUT2D eigenvalue weighted by Crippen LogP contribution is -2.18. The van der Waals surface area contributed by atoms with Crippen molar-refractivity contribution >= 4 is 23.2 Å². The first-order chi connectivity index (χ1) is 6.53. The minimum absolute atomic E-state index is 0.554. The van der Waals surface area contributed by atoms with Crippen molar-refractivity contribution in [2.24, 2.45) is 0 Å². The Kier molecular flexibility index (Phi) is 3.42. The molecule has 0 spiro atoms. The molecular weight excluding hydrogens is 217 g/mol. The quantitative estimate of drug-likeness (QED) is 0.744. The van der Waals surface area contributed by atoms with Gasteiger partial charge in [0.1, 0.15) is 0 Å². The van der Waals surface area contributed by atoms with Gasteiger partial charge in [0, 0.05) is 10.0 Å². The second-order valence-corrected chi connectivity index (χ2v) is 4.27. The van der Waals surface area contributed by atoms with Crippen molar-refractivity contribution in [3.8, 4) is 6.07 Å². The van der Waals surface area contributed by atoms with E-state index in [1.54, 1.807) is 18.2 Å². The first-order valence-corrected chi connectivity index (χ1v) is 5.16. The third-order valence-corrected chi connectivity index (χ3v) is 3.04. The molecule has 0 fully saturated rings. The second kappa shape index (κ2) is 4.21. The van der Waals surface area contributed by atoms with Crippen LogP contribution in [0.1, 0.15) is 25.8 Å². The monoisotopic (exact) mass is 227 g/mol. The Hall–Kier alpha value is -0.710. The number of hydrogen-bond donors (Lipinski definition) is 0. The number of rotatable bonds is 2. The van der Waals surface area contributed by atoms with Gasteiger partial charge in [0.15, 0.2) is 0 Å². The molecule has 0 bridgehead atoms. The molecule has 1 aromatic rings. The Balaban J connectivity index is 3.31. The molecule has 0 saturated heterocycles. The minimum Gasteiger partial charge on any atom is -0.197 e. The second-order valence-electron chi connectivity index (χ2n) is 3.42. The summed E-state index contributed by atoms with van der Waals surface area (Å²) in [6.07, 6.45) is 0.712. The number of nitrogens with zero attached hydrogens (tertiary/aromatic N) is 1. The average molecular weight is 228 g/mol. The molecule has 0 aliphatic carbocycles. The molecule has 1 aromatic carbocycles. The van der Waals surface area contributed by atoms with E-state index in [0.717, 1.165) is 5.56 Å². The third kappa shape index (κ3) is 2.03. The zero-order valence-corrected chi connectivity index (χ0v) is 9.65. The Bertz CT molecular complexity index is 381. The molecule has 1 atom stereocenters. The predicted molar refractivity (Wildman–Crippen MR) is 59.7 cm³/mol. The summed E-state index contributed by atoms with van der Waals surface area (Å²) in [5, 5.41) is 10.3. The maximum Gasteiger partial charge on any atom is 0.0806 e. The van der Waals surface area contributed by atoms with Crippen LogP contribution in [0.5, 0.6) is 0 Å². The van der Waals surface area contributed by atoms with Gasteiger partial charge in [0.25, 0.3) is 0 Å². The van der Waals surface area contributed by atoms with E-state index in [0.29, 0.717) is 16.5 Å². The van der Waals surface area contributed by atoms with Crippen LogP contribution in [0.4, 0.5) is 0 Å². The molecule has 0 saturated carbocycles. The maximum absolute atomic E-state index is 9.10. The van der Waals surface area contributed by atoms with E-state index < -0.39 is 5.41 Å². The standard InChI is InChI=1S/C11H11Cl2N/c1-3-11(2,7-14)9-6-8(12)4-5-10(9)13/h4-6H,3H2,1-2H3. The van der Waals surface area contributed by atoms with Crippen molar-refractivity contribution in [2.45, 2.75) is 25.7 Å². The first-order valence-electron chi connectivity index (χ1n) is 4.40. The molecular formula is C11H11Cl2N. The summed E-state index contributed by atoms with van der Waals surface area (Å²) in [6.45, 7) is 3.82. The van der Waals surface area contributed by atoms with Gasteiger partial charge in [-0.25, -0.2) is 0 Å². The summed E-state index contributed by atoms with van der Waals surface area (Å²) in [5.41, 5.74) is 0.249. The van der Waals surface area contributed by atoms with Gasteiger partial charge in [-0.2, -0.15) is 5.26 Å². The van der Waals surface area contributed by atoms with Crippen molar-refractivity contribution in [3.63, 3.8) is 0 Å². The summed E-state index contributed by atoms with van der Waals surface area (Å²) in [5.74, 6) is 0. The fraction of sp³-hybridized carbons (Fsp3) is 0.364. The molecule has 0 heterocycles. The fourth-order valence-corrected chi connectivity index (χ4v) is 1.75. The zero-order chi connectivity index (χ0) is 10.8. The molecule has 1 rings (SSSR count). The highest BCUT2D eigenvalue weighted by Gasteiger charge is 2.26. The summed E-state index contributed by atoms with van der Waals surface area (Å²) in [6, 6.07) is 7.48. The highest BCUT2D eigenvalue weighted by atomic mass is 35.5. The van der Waals surface area contributed by atoms with Gasteiger partial charge < -0.3 is 0 Å². The number of benzene rings is 1. The lowest BCUT2D eigenvalue weighted by molar-refractivity contribution is 0.587. The number of nitriles is 1. The molecule has 1 nitrogen and oxygen atoms in total. The molecule has 0 amide bonds. The van der Waals surface area contributed by atoms with Gasteiger partial charge in [-0.3, -0.25) is 0 Å². The van der Waals surface area contributed by atoms with Crippen molar-refractivity contribution in [2.75, 3.05) is 0 Å². The Morgan fingerprint density at radius 2 is 2.07 bits per heavy atom. The zero-order valence-electron chi connectivity index (χ0n) is 8.14. The average Bonchev–Trinajstić information content (AvgIpc) is 2.20. The number of halogens is 2. The van der Waals surface area contributed by atoms with Gasteiger partial charge in [-0.1, -0.05) is 30.1 Å². The van der Waals surface area contributed by atoms with Crippen LogP contribution in [0.15, 0.2) is 18.2 Å². The van der Waals surface area contributed by atoms with E-state index in [1.807, 2.05) is 13.8 Å². The molecule has 0 radical (unpaired) electrons. The highest BCUT2D eigenvalue weighted by Crippen LogP contribution is 2.34. The molecule has 0 aliphatic rings. The first kappa shape index (κ1) is 11.4. The minimum atomic E-state index is -0.554. The van der Waals surface area contributed by atoms with Crippen molar-refractivity contribution < 1.29 is 0 Å². The summed E-state index contributed by atoms with van der Waals surface area (Å²) < 4.78 is 0. The van der Waals surface area contributed by atoms with E-state index >= 15 is 0 Å².